The maximum Gasteiger partial charge on any atom is 0.297 e. The normalized spacial score (nSPS) is 22.4. The standard InChI is InChI=1S/C14H13BrFN2O2/c15-9-6-10(16)8(5-11(9)17)13-14(19)7-3-1-2-4-12(7)18(13)20/h5-6,13H,1-4,17H2/q+1. The summed E-state index contributed by atoms with van der Waals surface area (Å²) in [5.74, 6) is -0.875. The molecule has 20 heavy (non-hydrogen) atoms. The molecule has 0 saturated heterocycles. The Hall–Kier alpha value is -1.56. The van der Waals surface area contributed by atoms with Crippen LogP contribution >= 0.6 is 15.9 Å². The highest BCUT2D eigenvalue weighted by Crippen LogP contribution is 2.41. The summed E-state index contributed by atoms with van der Waals surface area (Å²) >= 11 is 3.13. The summed E-state index contributed by atoms with van der Waals surface area (Å²) in [5.41, 5.74) is 7.19. The molecule has 0 radical (unpaired) electrons. The predicted molar refractivity (Wildman–Crippen MR) is 75.4 cm³/mol. The van der Waals surface area contributed by atoms with Crippen molar-refractivity contribution >= 4 is 27.4 Å². The van der Waals surface area contributed by atoms with Gasteiger partial charge in [-0.25, -0.2) is 4.39 Å². The van der Waals surface area contributed by atoms with E-state index in [2.05, 4.69) is 15.9 Å². The van der Waals surface area contributed by atoms with Gasteiger partial charge in [0.15, 0.2) is 0 Å². The minimum Gasteiger partial charge on any atom is -0.398 e. The van der Waals surface area contributed by atoms with E-state index in [0.717, 1.165) is 12.8 Å². The number of carbonyl (C=O) groups excluding carboxylic acids is 1. The maximum atomic E-state index is 14.1. The fourth-order valence-electron chi connectivity index (χ4n) is 2.89. The Balaban J connectivity index is 2.07. The number of carbonyl (C=O) groups is 1. The second kappa shape index (κ2) is 4.77. The average molecular weight is 340 g/mol. The molecule has 0 spiro atoms. The molecule has 2 aliphatic rings. The molecular weight excluding hydrogens is 327 g/mol. The third-order valence-corrected chi connectivity index (χ3v) is 4.58. The Labute approximate surface area is 123 Å². The lowest BCUT2D eigenvalue weighted by atomic mass is 9.93. The zero-order valence-corrected chi connectivity index (χ0v) is 12.2. The number of hydrogen-bond donors (Lipinski definition) is 1. The minimum atomic E-state index is -1.12. The lowest BCUT2D eigenvalue weighted by molar-refractivity contribution is -0.527. The second-order valence-corrected chi connectivity index (χ2v) is 5.97. The highest BCUT2D eigenvalue weighted by molar-refractivity contribution is 9.10. The van der Waals surface area contributed by atoms with Crippen molar-refractivity contribution in [2.24, 2.45) is 0 Å². The monoisotopic (exact) mass is 339 g/mol. The Kier molecular flexibility index (Phi) is 3.20. The maximum absolute atomic E-state index is 14.1. The van der Waals surface area contributed by atoms with Crippen molar-refractivity contribution in [2.75, 3.05) is 5.73 Å². The lowest BCUT2D eigenvalue weighted by Gasteiger charge is -2.07. The van der Waals surface area contributed by atoms with Gasteiger partial charge in [0.25, 0.3) is 6.04 Å². The summed E-state index contributed by atoms with van der Waals surface area (Å²) in [5, 5.41) is 0. The molecule has 1 aliphatic heterocycles. The van der Waals surface area contributed by atoms with Gasteiger partial charge in [-0.3, -0.25) is 4.79 Å². The van der Waals surface area contributed by atoms with Crippen molar-refractivity contribution < 1.29 is 13.9 Å². The van der Waals surface area contributed by atoms with Crippen LogP contribution in [0.25, 0.3) is 0 Å². The smallest absolute Gasteiger partial charge is 0.297 e. The molecule has 4 nitrogen and oxygen atoms in total. The average Bonchev–Trinajstić information content (AvgIpc) is 2.68. The third kappa shape index (κ3) is 1.90. The number of nitrogen functional groups attached to an aromatic ring is 1. The molecule has 6 heteroatoms. The first-order chi connectivity index (χ1) is 9.50. The number of rotatable bonds is 1. The summed E-state index contributed by atoms with van der Waals surface area (Å²) in [6.45, 7) is 0. The van der Waals surface area contributed by atoms with E-state index in [1.165, 1.54) is 12.1 Å². The Morgan fingerprint density at radius 2 is 2.00 bits per heavy atom. The molecule has 1 heterocycles. The highest BCUT2D eigenvalue weighted by atomic mass is 79.9. The van der Waals surface area contributed by atoms with Gasteiger partial charge < -0.3 is 5.73 Å². The van der Waals surface area contributed by atoms with Crippen LogP contribution in [-0.4, -0.2) is 10.5 Å². The van der Waals surface area contributed by atoms with Crippen LogP contribution in [0.15, 0.2) is 27.9 Å². The molecule has 104 valence electrons. The van der Waals surface area contributed by atoms with E-state index in [9.17, 15) is 14.1 Å². The fraction of sp³-hybridized carbons (Fsp3) is 0.357. The molecule has 1 atom stereocenters. The molecule has 1 aromatic rings. The summed E-state index contributed by atoms with van der Waals surface area (Å²) in [4.78, 5) is 24.7. The van der Waals surface area contributed by atoms with Gasteiger partial charge in [0.05, 0.1) is 11.1 Å². The number of allylic oxidation sites excluding steroid dienone is 1. The van der Waals surface area contributed by atoms with Gasteiger partial charge in [0.2, 0.25) is 11.5 Å². The molecule has 1 aromatic carbocycles. The molecule has 0 amide bonds. The number of benzene rings is 1. The quantitative estimate of drug-likeness (QED) is 0.630. The van der Waals surface area contributed by atoms with Crippen LogP contribution in [0, 0.1) is 10.7 Å². The Morgan fingerprint density at radius 3 is 2.70 bits per heavy atom. The zero-order chi connectivity index (χ0) is 14.4. The van der Waals surface area contributed by atoms with E-state index in [4.69, 9.17) is 5.73 Å². The first-order valence-electron chi connectivity index (χ1n) is 6.47. The number of nitrogens with zero attached hydrogens (tertiary/aromatic N) is 1. The largest absolute Gasteiger partial charge is 0.398 e. The van der Waals surface area contributed by atoms with E-state index < -0.39 is 11.9 Å². The fourth-order valence-corrected chi connectivity index (χ4v) is 3.20. The van der Waals surface area contributed by atoms with Crippen LogP contribution in [-0.2, 0) is 4.79 Å². The van der Waals surface area contributed by atoms with E-state index in [1.54, 1.807) is 0 Å². The van der Waals surface area contributed by atoms with Gasteiger partial charge >= 0.3 is 0 Å². The lowest BCUT2D eigenvalue weighted by Crippen LogP contribution is -2.18. The molecule has 2 N–H and O–H groups in total. The number of hydrogen-bond acceptors (Lipinski definition) is 3. The van der Waals surface area contributed by atoms with Crippen LogP contribution in [0.5, 0.6) is 0 Å². The molecule has 1 aliphatic carbocycles. The van der Waals surface area contributed by atoms with E-state index in [-0.39, 0.29) is 11.3 Å². The van der Waals surface area contributed by atoms with Crippen LogP contribution in [0.3, 0.4) is 0 Å². The Bertz CT molecular complexity index is 641. The van der Waals surface area contributed by atoms with E-state index >= 15 is 0 Å². The van der Waals surface area contributed by atoms with Crippen LogP contribution < -0.4 is 5.73 Å². The SMILES string of the molecule is Nc1cc(C2C(=O)C3=C(CCCC3)[N+]2=O)c(F)cc1Br. The van der Waals surface area contributed by atoms with Crippen LogP contribution in [0.1, 0.15) is 37.3 Å². The zero-order valence-electron chi connectivity index (χ0n) is 10.7. The van der Waals surface area contributed by atoms with Gasteiger partial charge in [-0.2, -0.15) is 0 Å². The van der Waals surface area contributed by atoms with Crippen molar-refractivity contribution in [1.29, 1.82) is 0 Å². The van der Waals surface area contributed by atoms with Gasteiger partial charge in [-0.1, -0.05) is 0 Å². The van der Waals surface area contributed by atoms with Crippen LogP contribution in [0.4, 0.5) is 10.1 Å². The topological polar surface area (TPSA) is 63.2 Å². The summed E-state index contributed by atoms with van der Waals surface area (Å²) in [6.07, 6.45) is 2.99. The van der Waals surface area contributed by atoms with Crippen molar-refractivity contribution in [3.8, 4) is 0 Å². The molecule has 0 bridgehead atoms. The van der Waals surface area contributed by atoms with Gasteiger partial charge in [-0.05, 0) is 47.3 Å². The Morgan fingerprint density at radius 1 is 1.30 bits per heavy atom. The predicted octanol–water partition coefficient (Wildman–Crippen LogP) is 3.40. The molecule has 0 fully saturated rings. The first kappa shape index (κ1) is 13.4. The number of Topliss-reactive ketones (excluding diaryl/α,β-unsaturated/α-hetero) is 1. The van der Waals surface area contributed by atoms with E-state index in [1.807, 2.05) is 0 Å². The molecule has 0 aromatic heterocycles. The number of ketones is 1. The van der Waals surface area contributed by atoms with Gasteiger partial charge in [-0.15, -0.1) is 0 Å². The van der Waals surface area contributed by atoms with Crippen molar-refractivity contribution in [2.45, 2.75) is 31.7 Å². The number of halogens is 2. The van der Waals surface area contributed by atoms with Gasteiger partial charge in [0.1, 0.15) is 5.82 Å². The summed E-state index contributed by atoms with van der Waals surface area (Å²) in [6, 6.07) is 1.45. The summed E-state index contributed by atoms with van der Waals surface area (Å²) < 4.78 is 15.2. The molecular formula is C14H13BrFN2O2+. The first-order valence-corrected chi connectivity index (χ1v) is 7.27. The van der Waals surface area contributed by atoms with Crippen molar-refractivity contribution in [3.63, 3.8) is 0 Å². The van der Waals surface area contributed by atoms with Crippen LogP contribution in [0.2, 0.25) is 0 Å². The molecule has 1 unspecified atom stereocenters. The number of anilines is 1. The van der Waals surface area contributed by atoms with Gasteiger partial charge in [0, 0.05) is 26.2 Å². The van der Waals surface area contributed by atoms with E-state index in [0.29, 0.717) is 39.0 Å². The third-order valence-electron chi connectivity index (χ3n) is 3.90. The van der Waals surface area contributed by atoms with Crippen molar-refractivity contribution in [1.82, 2.24) is 0 Å². The number of nitrogens with two attached hydrogens (primary N) is 1. The summed E-state index contributed by atoms with van der Waals surface area (Å²) in [7, 11) is 0. The molecule has 3 rings (SSSR count). The molecule has 0 saturated carbocycles. The van der Waals surface area contributed by atoms with Crippen molar-refractivity contribution in [3.05, 3.63) is 44.2 Å². The minimum absolute atomic E-state index is 0.0556. The second-order valence-electron chi connectivity index (χ2n) is 5.12. The highest BCUT2D eigenvalue weighted by Gasteiger charge is 2.51. The number of nitroso groups, excluding NO2 is 1.